The van der Waals surface area contributed by atoms with E-state index in [0.717, 1.165) is 19.3 Å². The van der Waals surface area contributed by atoms with E-state index < -0.39 is 10.1 Å². The van der Waals surface area contributed by atoms with E-state index in [2.05, 4.69) is 25.7 Å². The molecule has 108 valence electrons. The third-order valence-corrected chi connectivity index (χ3v) is 4.95. The quantitative estimate of drug-likeness (QED) is 0.758. The minimum Gasteiger partial charge on any atom is -0.294 e. The minimum atomic E-state index is -3.87. The molecule has 1 N–H and O–H groups in total. The zero-order valence-corrected chi connectivity index (χ0v) is 12.7. The molecule has 0 atom stereocenters. The molecular formula is C13H27NO3S. The minimum absolute atomic E-state index is 0.00725. The Morgan fingerprint density at radius 2 is 1.78 bits per heavy atom. The van der Waals surface area contributed by atoms with E-state index in [1.807, 2.05) is 0 Å². The lowest BCUT2D eigenvalue weighted by molar-refractivity contribution is 0.0519. The van der Waals surface area contributed by atoms with Crippen molar-refractivity contribution in [3.8, 4) is 0 Å². The van der Waals surface area contributed by atoms with E-state index in [1.54, 1.807) is 0 Å². The Labute approximate surface area is 112 Å². The van der Waals surface area contributed by atoms with Crippen LogP contribution >= 0.6 is 0 Å². The average molecular weight is 277 g/mol. The summed E-state index contributed by atoms with van der Waals surface area (Å²) in [6.45, 7) is 6.88. The molecule has 0 amide bonds. The van der Waals surface area contributed by atoms with E-state index in [4.69, 9.17) is 4.55 Å². The summed E-state index contributed by atoms with van der Waals surface area (Å²) < 4.78 is 30.9. The van der Waals surface area contributed by atoms with Crippen molar-refractivity contribution in [2.45, 2.75) is 70.9 Å². The number of hydrogen-bond acceptors (Lipinski definition) is 3. The molecule has 0 radical (unpaired) electrons. The summed E-state index contributed by atoms with van der Waals surface area (Å²) in [7, 11) is -3.87. The number of rotatable bonds is 6. The summed E-state index contributed by atoms with van der Waals surface area (Å²) in [5.41, 5.74) is -0.00725. The van der Waals surface area contributed by atoms with Crippen LogP contribution in [0.3, 0.4) is 0 Å². The van der Waals surface area contributed by atoms with Gasteiger partial charge >= 0.3 is 0 Å². The Bertz CT molecular complexity index is 345. The lowest BCUT2D eigenvalue weighted by Gasteiger charge is -2.45. The van der Waals surface area contributed by atoms with Crippen molar-refractivity contribution in [1.29, 1.82) is 0 Å². The van der Waals surface area contributed by atoms with Crippen molar-refractivity contribution < 1.29 is 13.0 Å². The maximum Gasteiger partial charge on any atom is 0.266 e. The Balaban J connectivity index is 2.74. The topological polar surface area (TPSA) is 57.6 Å². The van der Waals surface area contributed by atoms with Gasteiger partial charge in [-0.3, -0.25) is 9.45 Å². The highest BCUT2D eigenvalue weighted by Gasteiger charge is 2.32. The molecule has 0 aliphatic heterocycles. The molecule has 0 saturated heterocycles. The molecule has 0 aromatic carbocycles. The molecule has 0 aromatic heterocycles. The summed E-state index contributed by atoms with van der Waals surface area (Å²) in [6, 6.07) is 0.468. The van der Waals surface area contributed by atoms with Gasteiger partial charge in [-0.2, -0.15) is 8.42 Å². The van der Waals surface area contributed by atoms with Gasteiger partial charge in [0.15, 0.2) is 0 Å². The SMILES string of the molecule is CCC(C)(C)N(CCS(=O)(=O)O)C1CCCCC1. The van der Waals surface area contributed by atoms with Gasteiger partial charge in [0.25, 0.3) is 10.1 Å². The fraction of sp³-hybridized carbons (Fsp3) is 1.00. The van der Waals surface area contributed by atoms with E-state index >= 15 is 0 Å². The molecule has 0 bridgehead atoms. The summed E-state index contributed by atoms with van der Waals surface area (Å²) in [5.74, 6) is -0.160. The highest BCUT2D eigenvalue weighted by atomic mass is 32.2. The predicted molar refractivity (Wildman–Crippen MR) is 74.4 cm³/mol. The van der Waals surface area contributed by atoms with Crippen LogP contribution < -0.4 is 0 Å². The molecule has 1 rings (SSSR count). The summed E-state index contributed by atoms with van der Waals surface area (Å²) in [6.07, 6.45) is 7.02. The van der Waals surface area contributed by atoms with Gasteiger partial charge in [0.1, 0.15) is 0 Å². The summed E-state index contributed by atoms with van der Waals surface area (Å²) in [5, 5.41) is 0. The van der Waals surface area contributed by atoms with Crippen molar-refractivity contribution >= 4 is 10.1 Å². The zero-order chi connectivity index (χ0) is 13.8. The van der Waals surface area contributed by atoms with Gasteiger partial charge in [-0.15, -0.1) is 0 Å². The highest BCUT2D eigenvalue weighted by Crippen LogP contribution is 2.29. The third kappa shape index (κ3) is 4.86. The standard InChI is InChI=1S/C13H27NO3S/c1-4-13(2,3)14(10-11-18(15,16)17)12-8-6-5-7-9-12/h12H,4-11H2,1-3H3,(H,15,16,17). The second-order valence-corrected chi connectivity index (χ2v) is 7.51. The van der Waals surface area contributed by atoms with E-state index in [-0.39, 0.29) is 11.3 Å². The van der Waals surface area contributed by atoms with Gasteiger partial charge in [0, 0.05) is 18.1 Å². The Morgan fingerprint density at radius 1 is 1.22 bits per heavy atom. The summed E-state index contributed by atoms with van der Waals surface area (Å²) in [4.78, 5) is 2.29. The lowest BCUT2D eigenvalue weighted by atomic mass is 9.89. The smallest absolute Gasteiger partial charge is 0.266 e. The van der Waals surface area contributed by atoms with Gasteiger partial charge in [-0.1, -0.05) is 26.2 Å². The number of nitrogens with zero attached hydrogens (tertiary/aromatic N) is 1. The van der Waals surface area contributed by atoms with Crippen molar-refractivity contribution in [3.05, 3.63) is 0 Å². The van der Waals surface area contributed by atoms with Gasteiger partial charge in [-0.05, 0) is 33.1 Å². The molecular weight excluding hydrogens is 250 g/mol. The van der Waals surface area contributed by atoms with Gasteiger partial charge in [0.05, 0.1) is 5.75 Å². The van der Waals surface area contributed by atoms with Gasteiger partial charge in [-0.25, -0.2) is 0 Å². The first-order valence-corrected chi connectivity index (χ1v) is 8.59. The molecule has 5 heteroatoms. The second-order valence-electron chi connectivity index (χ2n) is 5.94. The van der Waals surface area contributed by atoms with Crippen LogP contribution in [0.2, 0.25) is 0 Å². The molecule has 1 fully saturated rings. The zero-order valence-electron chi connectivity index (χ0n) is 11.9. The molecule has 1 aliphatic carbocycles. The molecule has 0 spiro atoms. The van der Waals surface area contributed by atoms with Crippen LogP contribution in [0.25, 0.3) is 0 Å². The van der Waals surface area contributed by atoms with E-state index in [0.29, 0.717) is 12.6 Å². The van der Waals surface area contributed by atoms with Crippen molar-refractivity contribution in [1.82, 2.24) is 4.90 Å². The van der Waals surface area contributed by atoms with Gasteiger partial charge in [0.2, 0.25) is 0 Å². The van der Waals surface area contributed by atoms with Gasteiger partial charge < -0.3 is 0 Å². The molecule has 1 aliphatic rings. The predicted octanol–water partition coefficient (Wildman–Crippen LogP) is 2.70. The third-order valence-electron chi connectivity index (χ3n) is 4.25. The summed E-state index contributed by atoms with van der Waals surface area (Å²) >= 11 is 0. The molecule has 18 heavy (non-hydrogen) atoms. The largest absolute Gasteiger partial charge is 0.294 e. The van der Waals surface area contributed by atoms with Crippen molar-refractivity contribution in [2.75, 3.05) is 12.3 Å². The molecule has 4 nitrogen and oxygen atoms in total. The number of hydrogen-bond donors (Lipinski definition) is 1. The molecule has 0 heterocycles. The van der Waals surface area contributed by atoms with Crippen LogP contribution in [0.1, 0.15) is 59.3 Å². The molecule has 0 aromatic rings. The highest BCUT2D eigenvalue weighted by molar-refractivity contribution is 7.85. The van der Waals surface area contributed by atoms with E-state index in [9.17, 15) is 8.42 Å². The lowest BCUT2D eigenvalue weighted by Crippen LogP contribution is -2.52. The van der Waals surface area contributed by atoms with Crippen molar-refractivity contribution in [2.24, 2.45) is 0 Å². The first kappa shape index (κ1) is 15.9. The maximum absolute atomic E-state index is 11.0. The fourth-order valence-corrected chi connectivity index (χ4v) is 3.22. The van der Waals surface area contributed by atoms with Crippen LogP contribution in [0.4, 0.5) is 0 Å². The van der Waals surface area contributed by atoms with Crippen LogP contribution in [0, 0.1) is 0 Å². The van der Waals surface area contributed by atoms with Crippen LogP contribution in [-0.4, -0.2) is 41.7 Å². The normalized spacial score (nSPS) is 19.4. The van der Waals surface area contributed by atoms with Crippen LogP contribution in [-0.2, 0) is 10.1 Å². The second kappa shape index (κ2) is 6.35. The maximum atomic E-state index is 11.0. The fourth-order valence-electron chi connectivity index (χ4n) is 2.79. The first-order valence-electron chi connectivity index (χ1n) is 6.98. The Morgan fingerprint density at radius 3 is 2.22 bits per heavy atom. The van der Waals surface area contributed by atoms with Crippen LogP contribution in [0.15, 0.2) is 0 Å². The Hall–Kier alpha value is -0.130. The monoisotopic (exact) mass is 277 g/mol. The van der Waals surface area contributed by atoms with E-state index in [1.165, 1.54) is 19.3 Å². The molecule has 1 saturated carbocycles. The molecule has 0 unspecified atom stereocenters. The van der Waals surface area contributed by atoms with Crippen LogP contribution in [0.5, 0.6) is 0 Å². The Kier molecular flexibility index (Phi) is 5.62. The average Bonchev–Trinajstić information content (AvgIpc) is 2.29. The van der Waals surface area contributed by atoms with Crippen molar-refractivity contribution in [3.63, 3.8) is 0 Å². The first-order chi connectivity index (χ1) is 8.26.